The van der Waals surface area contributed by atoms with E-state index in [0.717, 1.165) is 29.4 Å². The molecular formula is C14H14O3. The molecule has 0 radical (unpaired) electrons. The second-order valence-corrected chi connectivity index (χ2v) is 4.66. The molecule has 17 heavy (non-hydrogen) atoms. The van der Waals surface area contributed by atoms with Gasteiger partial charge in [-0.05, 0) is 48.9 Å². The summed E-state index contributed by atoms with van der Waals surface area (Å²) in [6, 6.07) is 4.20. The van der Waals surface area contributed by atoms with Crippen LogP contribution in [0, 0.1) is 0 Å². The Labute approximate surface area is 99.0 Å². The summed E-state index contributed by atoms with van der Waals surface area (Å²) in [5.41, 5.74) is 4.32. The van der Waals surface area contributed by atoms with Crippen LogP contribution in [0.25, 0.3) is 11.0 Å². The minimum Gasteiger partial charge on any atom is -0.481 e. The molecule has 1 heterocycles. The number of hydrogen-bond donors (Lipinski definition) is 1. The van der Waals surface area contributed by atoms with Crippen LogP contribution >= 0.6 is 0 Å². The number of carbonyl (C=O) groups is 1. The van der Waals surface area contributed by atoms with Gasteiger partial charge >= 0.3 is 5.97 Å². The average molecular weight is 230 g/mol. The largest absolute Gasteiger partial charge is 0.481 e. The van der Waals surface area contributed by atoms with Crippen molar-refractivity contribution in [3.8, 4) is 0 Å². The summed E-state index contributed by atoms with van der Waals surface area (Å²) in [6.45, 7) is 0. The number of fused-ring (bicyclic) bond motifs is 2. The van der Waals surface area contributed by atoms with Gasteiger partial charge in [-0.1, -0.05) is 0 Å². The predicted molar refractivity (Wildman–Crippen MR) is 64.2 cm³/mol. The molecule has 3 nitrogen and oxygen atoms in total. The summed E-state index contributed by atoms with van der Waals surface area (Å²) in [5.74, 6) is -0.814. The molecule has 3 rings (SSSR count). The molecule has 1 aliphatic carbocycles. The number of rotatable bonds is 2. The van der Waals surface area contributed by atoms with Gasteiger partial charge in [0, 0.05) is 10.9 Å². The fourth-order valence-electron chi connectivity index (χ4n) is 2.61. The number of hydrogen-bond acceptors (Lipinski definition) is 2. The Morgan fingerprint density at radius 2 is 1.94 bits per heavy atom. The van der Waals surface area contributed by atoms with E-state index in [9.17, 15) is 4.79 Å². The van der Waals surface area contributed by atoms with E-state index in [2.05, 4.69) is 12.1 Å². The molecule has 1 aromatic carbocycles. The van der Waals surface area contributed by atoms with E-state index < -0.39 is 5.97 Å². The highest BCUT2D eigenvalue weighted by Crippen LogP contribution is 2.29. The van der Waals surface area contributed by atoms with Crippen LogP contribution < -0.4 is 0 Å². The van der Waals surface area contributed by atoms with Crippen LogP contribution in [-0.2, 0) is 24.1 Å². The normalized spacial score (nSPS) is 14.8. The van der Waals surface area contributed by atoms with Crippen LogP contribution in [0.3, 0.4) is 0 Å². The highest BCUT2D eigenvalue weighted by atomic mass is 16.4. The summed E-state index contributed by atoms with van der Waals surface area (Å²) < 4.78 is 5.45. The van der Waals surface area contributed by atoms with E-state index in [0.29, 0.717) is 0 Å². The van der Waals surface area contributed by atoms with E-state index in [4.69, 9.17) is 9.52 Å². The molecule has 3 heteroatoms. The smallest absolute Gasteiger partial charge is 0.307 e. The van der Waals surface area contributed by atoms with Crippen molar-refractivity contribution in [1.82, 2.24) is 0 Å². The SMILES string of the molecule is O=C(O)Cc1coc2cc3c(cc12)CCCC3. The van der Waals surface area contributed by atoms with Crippen LogP contribution in [0.1, 0.15) is 29.5 Å². The zero-order valence-corrected chi connectivity index (χ0v) is 9.53. The summed E-state index contributed by atoms with van der Waals surface area (Å²) in [7, 11) is 0. The number of furan rings is 1. The van der Waals surface area contributed by atoms with Gasteiger partial charge in [0.25, 0.3) is 0 Å². The molecule has 0 spiro atoms. The van der Waals surface area contributed by atoms with E-state index in [1.165, 1.54) is 24.0 Å². The van der Waals surface area contributed by atoms with Gasteiger partial charge < -0.3 is 9.52 Å². The molecule has 0 fully saturated rings. The number of carboxylic acids is 1. The zero-order valence-electron chi connectivity index (χ0n) is 9.53. The minimum atomic E-state index is -0.814. The summed E-state index contributed by atoms with van der Waals surface area (Å²) in [5, 5.41) is 9.81. The van der Waals surface area contributed by atoms with Crippen LogP contribution in [-0.4, -0.2) is 11.1 Å². The van der Waals surface area contributed by atoms with Crippen LogP contribution in [0.2, 0.25) is 0 Å². The monoisotopic (exact) mass is 230 g/mol. The number of aliphatic carboxylic acids is 1. The maximum atomic E-state index is 10.8. The summed E-state index contributed by atoms with van der Waals surface area (Å²) in [6.07, 6.45) is 6.28. The highest BCUT2D eigenvalue weighted by Gasteiger charge is 2.15. The number of benzene rings is 1. The minimum absolute atomic E-state index is 0.0335. The third kappa shape index (κ3) is 1.82. The van der Waals surface area contributed by atoms with Gasteiger partial charge in [-0.3, -0.25) is 4.79 Å². The molecule has 0 amide bonds. The Balaban J connectivity index is 2.12. The molecule has 0 saturated heterocycles. The molecule has 1 aromatic heterocycles. The Morgan fingerprint density at radius 1 is 1.24 bits per heavy atom. The van der Waals surface area contributed by atoms with Crippen molar-refractivity contribution in [2.75, 3.05) is 0 Å². The van der Waals surface area contributed by atoms with E-state index in [1.807, 2.05) is 0 Å². The molecule has 1 aliphatic rings. The molecule has 1 N–H and O–H groups in total. The van der Waals surface area contributed by atoms with Crippen molar-refractivity contribution in [2.45, 2.75) is 32.1 Å². The van der Waals surface area contributed by atoms with Crippen molar-refractivity contribution >= 4 is 16.9 Å². The van der Waals surface area contributed by atoms with Gasteiger partial charge in [-0.2, -0.15) is 0 Å². The Bertz CT molecular complexity index is 580. The first kappa shape index (κ1) is 10.4. The van der Waals surface area contributed by atoms with Gasteiger partial charge in [0.15, 0.2) is 0 Å². The molecule has 0 unspecified atom stereocenters. The molecule has 0 aliphatic heterocycles. The molecule has 0 saturated carbocycles. The first-order valence-corrected chi connectivity index (χ1v) is 5.98. The van der Waals surface area contributed by atoms with Gasteiger partial charge in [0.05, 0.1) is 12.7 Å². The van der Waals surface area contributed by atoms with Gasteiger partial charge in [-0.25, -0.2) is 0 Å². The lowest BCUT2D eigenvalue weighted by Gasteiger charge is -2.15. The standard InChI is InChI=1S/C14H14O3/c15-14(16)7-11-8-17-13-6-10-4-2-1-3-9(10)5-12(11)13/h5-6,8H,1-4,7H2,(H,15,16). The zero-order chi connectivity index (χ0) is 11.8. The Hall–Kier alpha value is -1.77. The maximum absolute atomic E-state index is 10.8. The molecule has 0 atom stereocenters. The fraction of sp³-hybridized carbons (Fsp3) is 0.357. The lowest BCUT2D eigenvalue weighted by molar-refractivity contribution is -0.136. The number of carboxylic acid groups (broad SMARTS) is 1. The van der Waals surface area contributed by atoms with Crippen LogP contribution in [0.4, 0.5) is 0 Å². The summed E-state index contributed by atoms with van der Waals surface area (Å²) in [4.78, 5) is 10.8. The van der Waals surface area contributed by atoms with Crippen molar-refractivity contribution in [2.24, 2.45) is 0 Å². The van der Waals surface area contributed by atoms with Crippen molar-refractivity contribution < 1.29 is 14.3 Å². The van der Waals surface area contributed by atoms with Crippen molar-refractivity contribution in [3.63, 3.8) is 0 Å². The topological polar surface area (TPSA) is 50.4 Å². The quantitative estimate of drug-likeness (QED) is 0.862. The van der Waals surface area contributed by atoms with Crippen molar-refractivity contribution in [3.05, 3.63) is 35.1 Å². The Morgan fingerprint density at radius 3 is 2.65 bits per heavy atom. The molecule has 2 aromatic rings. The fourth-order valence-corrected chi connectivity index (χ4v) is 2.61. The van der Waals surface area contributed by atoms with Gasteiger partial charge in [0.1, 0.15) is 5.58 Å². The van der Waals surface area contributed by atoms with Gasteiger partial charge in [-0.15, -0.1) is 0 Å². The van der Waals surface area contributed by atoms with Crippen LogP contribution in [0.15, 0.2) is 22.8 Å². The highest BCUT2D eigenvalue weighted by molar-refractivity contribution is 5.86. The maximum Gasteiger partial charge on any atom is 0.307 e. The second-order valence-electron chi connectivity index (χ2n) is 4.66. The third-order valence-corrected chi connectivity index (χ3v) is 3.46. The van der Waals surface area contributed by atoms with Crippen molar-refractivity contribution in [1.29, 1.82) is 0 Å². The van der Waals surface area contributed by atoms with E-state index >= 15 is 0 Å². The van der Waals surface area contributed by atoms with Crippen LogP contribution in [0.5, 0.6) is 0 Å². The first-order chi connectivity index (χ1) is 8.24. The first-order valence-electron chi connectivity index (χ1n) is 5.98. The third-order valence-electron chi connectivity index (χ3n) is 3.46. The molecule has 88 valence electrons. The average Bonchev–Trinajstić information content (AvgIpc) is 2.68. The predicted octanol–water partition coefficient (Wildman–Crippen LogP) is 2.94. The summed E-state index contributed by atoms with van der Waals surface area (Å²) >= 11 is 0. The Kier molecular flexibility index (Phi) is 2.39. The number of aryl methyl sites for hydroxylation is 2. The molecule has 0 bridgehead atoms. The second kappa shape index (κ2) is 3.91. The molecular weight excluding hydrogens is 216 g/mol. The van der Waals surface area contributed by atoms with E-state index in [1.54, 1.807) is 6.26 Å². The van der Waals surface area contributed by atoms with E-state index in [-0.39, 0.29) is 6.42 Å². The lowest BCUT2D eigenvalue weighted by Crippen LogP contribution is -2.03. The lowest BCUT2D eigenvalue weighted by atomic mass is 9.90. The van der Waals surface area contributed by atoms with Gasteiger partial charge in [0.2, 0.25) is 0 Å².